The minimum atomic E-state index is -0.139. The maximum absolute atomic E-state index is 11.9. The highest BCUT2D eigenvalue weighted by molar-refractivity contribution is 6.00. The van der Waals surface area contributed by atoms with Crippen LogP contribution in [-0.4, -0.2) is 5.91 Å². The second-order valence-corrected chi connectivity index (χ2v) is 4.62. The van der Waals surface area contributed by atoms with Crippen molar-refractivity contribution in [1.29, 1.82) is 0 Å². The molecule has 3 heteroatoms. The summed E-state index contributed by atoms with van der Waals surface area (Å²) in [7, 11) is 0. The van der Waals surface area contributed by atoms with Crippen molar-refractivity contribution in [2.45, 2.75) is 13.8 Å². The van der Waals surface area contributed by atoms with E-state index in [1.165, 1.54) is 0 Å². The van der Waals surface area contributed by atoms with E-state index < -0.39 is 0 Å². The van der Waals surface area contributed by atoms with E-state index in [1.54, 1.807) is 6.08 Å². The highest BCUT2D eigenvalue weighted by atomic mass is 16.1. The Morgan fingerprint density at radius 2 is 1.60 bits per heavy atom. The number of carbonyl (C=O) groups excluding carboxylic acids is 1. The topological polar surface area (TPSA) is 41.1 Å². The first-order valence-electron chi connectivity index (χ1n) is 6.52. The van der Waals surface area contributed by atoms with E-state index in [0.717, 1.165) is 22.6 Å². The molecule has 3 nitrogen and oxygen atoms in total. The molecule has 0 spiro atoms. The van der Waals surface area contributed by atoms with Crippen LogP contribution >= 0.6 is 0 Å². The van der Waals surface area contributed by atoms with Gasteiger partial charge in [-0.15, -0.1) is 0 Å². The lowest BCUT2D eigenvalue weighted by Gasteiger charge is -2.08. The molecule has 0 fully saturated rings. The number of aryl methyl sites for hydroxylation is 1. The zero-order chi connectivity index (χ0) is 14.4. The van der Waals surface area contributed by atoms with Crippen molar-refractivity contribution in [3.63, 3.8) is 0 Å². The molecule has 1 amide bonds. The van der Waals surface area contributed by atoms with Crippen LogP contribution < -0.4 is 10.6 Å². The zero-order valence-electron chi connectivity index (χ0n) is 11.7. The molecule has 2 aromatic carbocycles. The number of allylic oxidation sites excluding steroid dienone is 1. The van der Waals surface area contributed by atoms with Gasteiger partial charge in [0.25, 0.3) is 0 Å². The third kappa shape index (κ3) is 3.99. The molecule has 2 rings (SSSR count). The SMILES string of the molecule is C/C(=C\C(=O)Nc1ccccc1C)Nc1ccccc1. The fraction of sp³-hybridized carbons (Fsp3) is 0.118. The van der Waals surface area contributed by atoms with E-state index in [-0.39, 0.29) is 5.91 Å². The Morgan fingerprint density at radius 1 is 0.950 bits per heavy atom. The van der Waals surface area contributed by atoms with E-state index in [2.05, 4.69) is 10.6 Å². The lowest BCUT2D eigenvalue weighted by Crippen LogP contribution is -2.11. The van der Waals surface area contributed by atoms with Gasteiger partial charge in [0.05, 0.1) is 0 Å². The van der Waals surface area contributed by atoms with E-state index in [1.807, 2.05) is 68.4 Å². The van der Waals surface area contributed by atoms with E-state index in [9.17, 15) is 4.79 Å². The second-order valence-electron chi connectivity index (χ2n) is 4.62. The molecule has 0 atom stereocenters. The van der Waals surface area contributed by atoms with Crippen molar-refractivity contribution < 1.29 is 4.79 Å². The normalized spacial score (nSPS) is 11.0. The standard InChI is InChI=1S/C17H18N2O/c1-13-8-6-7-11-16(13)19-17(20)12-14(2)18-15-9-4-3-5-10-15/h3-12,18H,1-2H3,(H,19,20)/b14-12+. The predicted octanol–water partition coefficient (Wildman–Crippen LogP) is 3.95. The van der Waals surface area contributed by atoms with Gasteiger partial charge >= 0.3 is 0 Å². The first-order valence-corrected chi connectivity index (χ1v) is 6.52. The van der Waals surface area contributed by atoms with Gasteiger partial charge < -0.3 is 10.6 Å². The number of benzene rings is 2. The van der Waals surface area contributed by atoms with Gasteiger partial charge in [-0.05, 0) is 37.6 Å². The van der Waals surface area contributed by atoms with Crippen LogP contribution in [0.25, 0.3) is 0 Å². The monoisotopic (exact) mass is 266 g/mol. The summed E-state index contributed by atoms with van der Waals surface area (Å²) in [5, 5.41) is 6.04. The summed E-state index contributed by atoms with van der Waals surface area (Å²) < 4.78 is 0. The molecular formula is C17H18N2O. The molecule has 0 saturated carbocycles. The first kappa shape index (κ1) is 13.9. The number of nitrogens with one attached hydrogen (secondary N) is 2. The van der Waals surface area contributed by atoms with Gasteiger partial charge in [0.1, 0.15) is 0 Å². The van der Waals surface area contributed by atoms with Gasteiger partial charge in [-0.2, -0.15) is 0 Å². The van der Waals surface area contributed by atoms with Crippen LogP contribution in [0.4, 0.5) is 11.4 Å². The highest BCUT2D eigenvalue weighted by Crippen LogP contribution is 2.13. The molecule has 0 radical (unpaired) electrons. The van der Waals surface area contributed by atoms with Crippen molar-refractivity contribution in [2.24, 2.45) is 0 Å². The number of hydrogen-bond donors (Lipinski definition) is 2. The maximum Gasteiger partial charge on any atom is 0.250 e. The van der Waals surface area contributed by atoms with Crippen molar-refractivity contribution >= 4 is 17.3 Å². The van der Waals surface area contributed by atoms with Gasteiger partial charge in [0.2, 0.25) is 5.91 Å². The average molecular weight is 266 g/mol. The summed E-state index contributed by atoms with van der Waals surface area (Å²) in [5.41, 5.74) is 3.64. The summed E-state index contributed by atoms with van der Waals surface area (Å²) >= 11 is 0. The van der Waals surface area contributed by atoms with Crippen LogP contribution in [0.15, 0.2) is 66.4 Å². The summed E-state index contributed by atoms with van der Waals surface area (Å²) in [6.07, 6.45) is 1.56. The Labute approximate surface area is 119 Å². The quantitative estimate of drug-likeness (QED) is 0.823. The van der Waals surface area contributed by atoms with Crippen LogP contribution in [0.5, 0.6) is 0 Å². The smallest absolute Gasteiger partial charge is 0.250 e. The fourth-order valence-corrected chi connectivity index (χ4v) is 1.86. The van der Waals surface area contributed by atoms with Crippen molar-refractivity contribution in [2.75, 3.05) is 10.6 Å². The first-order chi connectivity index (χ1) is 9.65. The van der Waals surface area contributed by atoms with Crippen LogP contribution in [0.2, 0.25) is 0 Å². The summed E-state index contributed by atoms with van der Waals surface area (Å²) in [4.78, 5) is 11.9. The third-order valence-electron chi connectivity index (χ3n) is 2.87. The molecule has 20 heavy (non-hydrogen) atoms. The molecule has 0 aliphatic rings. The van der Waals surface area contributed by atoms with Gasteiger partial charge in [-0.25, -0.2) is 0 Å². The predicted molar refractivity (Wildman–Crippen MR) is 83.6 cm³/mol. The molecule has 2 aromatic rings. The molecule has 102 valence electrons. The van der Waals surface area contributed by atoms with Crippen molar-refractivity contribution in [3.05, 3.63) is 71.9 Å². The number of hydrogen-bond acceptors (Lipinski definition) is 2. The summed E-state index contributed by atoms with van der Waals surface area (Å²) in [6.45, 7) is 3.83. The average Bonchev–Trinajstić information content (AvgIpc) is 2.42. The maximum atomic E-state index is 11.9. The number of anilines is 2. The van der Waals surface area contributed by atoms with E-state index in [0.29, 0.717) is 0 Å². The molecule has 0 aliphatic heterocycles. The molecule has 0 aromatic heterocycles. The second kappa shape index (κ2) is 6.57. The van der Waals surface area contributed by atoms with Gasteiger partial charge in [-0.1, -0.05) is 36.4 Å². The molecule has 2 N–H and O–H groups in total. The van der Waals surface area contributed by atoms with Crippen LogP contribution in [0.3, 0.4) is 0 Å². The Balaban J connectivity index is 2.00. The Kier molecular flexibility index (Phi) is 4.56. The summed E-state index contributed by atoms with van der Waals surface area (Å²) in [6, 6.07) is 17.5. The summed E-state index contributed by atoms with van der Waals surface area (Å²) in [5.74, 6) is -0.139. The van der Waals surface area contributed by atoms with Gasteiger partial charge in [0.15, 0.2) is 0 Å². The largest absolute Gasteiger partial charge is 0.359 e. The van der Waals surface area contributed by atoms with Crippen LogP contribution in [0, 0.1) is 6.92 Å². The molecule has 0 unspecified atom stereocenters. The minimum absolute atomic E-state index is 0.139. The van der Waals surface area contributed by atoms with Crippen molar-refractivity contribution in [3.8, 4) is 0 Å². The number of carbonyl (C=O) groups is 1. The minimum Gasteiger partial charge on any atom is -0.359 e. The van der Waals surface area contributed by atoms with E-state index in [4.69, 9.17) is 0 Å². The van der Waals surface area contributed by atoms with Gasteiger partial charge in [0, 0.05) is 23.1 Å². The molecule has 0 heterocycles. The Bertz CT molecular complexity index is 618. The van der Waals surface area contributed by atoms with E-state index >= 15 is 0 Å². The Morgan fingerprint density at radius 3 is 2.30 bits per heavy atom. The lowest BCUT2D eigenvalue weighted by molar-refractivity contribution is -0.111. The molecule has 0 saturated heterocycles. The lowest BCUT2D eigenvalue weighted by atomic mass is 10.2. The van der Waals surface area contributed by atoms with Gasteiger partial charge in [-0.3, -0.25) is 4.79 Å². The van der Waals surface area contributed by atoms with Crippen LogP contribution in [0.1, 0.15) is 12.5 Å². The van der Waals surface area contributed by atoms with Crippen LogP contribution in [-0.2, 0) is 4.79 Å². The number of amides is 1. The molecular weight excluding hydrogens is 248 g/mol. The van der Waals surface area contributed by atoms with Crippen molar-refractivity contribution in [1.82, 2.24) is 0 Å². The Hall–Kier alpha value is -2.55. The zero-order valence-corrected chi connectivity index (χ0v) is 11.7. The molecule has 0 bridgehead atoms. The fourth-order valence-electron chi connectivity index (χ4n) is 1.86. The molecule has 0 aliphatic carbocycles. The highest BCUT2D eigenvalue weighted by Gasteiger charge is 2.02. The number of para-hydroxylation sites is 2. The third-order valence-corrected chi connectivity index (χ3v) is 2.87. The number of rotatable bonds is 4.